The van der Waals surface area contributed by atoms with Gasteiger partial charge in [0, 0.05) is 9.78 Å². The number of hydrogen-bond donors (Lipinski definition) is 1. The van der Waals surface area contributed by atoms with Crippen LogP contribution in [0.2, 0.25) is 0 Å². The maximum atomic E-state index is 4.41. The average molecular weight is 299 g/mol. The summed E-state index contributed by atoms with van der Waals surface area (Å²) in [6, 6.07) is 4.06. The molecule has 0 nitrogen and oxygen atoms in total. The minimum absolute atomic E-state index is 0.967. The minimum atomic E-state index is 0.967. The van der Waals surface area contributed by atoms with Crippen molar-refractivity contribution in [1.29, 1.82) is 0 Å². The van der Waals surface area contributed by atoms with Crippen LogP contribution in [0, 0.1) is 0 Å². The molecule has 15 heavy (non-hydrogen) atoms. The van der Waals surface area contributed by atoms with E-state index in [9.17, 15) is 0 Å². The molecular formula is C12H11BrS2. The van der Waals surface area contributed by atoms with E-state index in [0.717, 1.165) is 13.6 Å². The maximum Gasteiger partial charge on any atom is 0.0705 e. The van der Waals surface area contributed by atoms with Crippen LogP contribution in [0.4, 0.5) is 0 Å². The molecule has 0 aromatic carbocycles. The van der Waals surface area contributed by atoms with Crippen LogP contribution in [-0.4, -0.2) is 0 Å². The molecular weight excluding hydrogens is 288 g/mol. The number of thiophene rings is 1. The molecule has 0 aliphatic carbocycles. The van der Waals surface area contributed by atoms with E-state index < -0.39 is 0 Å². The summed E-state index contributed by atoms with van der Waals surface area (Å²) in [6.07, 6.45) is 11.4. The molecule has 0 spiro atoms. The fraction of sp³-hybridized carbons (Fsp3) is 0. The Kier molecular flexibility index (Phi) is 5.76. The first kappa shape index (κ1) is 12.6. The molecule has 1 aromatic rings. The zero-order valence-electron chi connectivity index (χ0n) is 8.06. The van der Waals surface area contributed by atoms with Gasteiger partial charge in [-0.15, -0.1) is 24.0 Å². The van der Waals surface area contributed by atoms with Crippen molar-refractivity contribution in [1.82, 2.24) is 0 Å². The Morgan fingerprint density at radius 3 is 2.60 bits per heavy atom. The van der Waals surface area contributed by atoms with Gasteiger partial charge in [0.25, 0.3) is 0 Å². The Hall–Kier alpha value is -0.510. The van der Waals surface area contributed by atoms with E-state index in [1.54, 1.807) is 17.4 Å². The average Bonchev–Trinajstić information content (AvgIpc) is 2.64. The smallest absolute Gasteiger partial charge is 0.0705 e. The van der Waals surface area contributed by atoms with Crippen LogP contribution in [0.25, 0.3) is 4.91 Å². The SMILES string of the molecule is C=CC=CC=C/C=C(\S)c1ccc(Br)s1. The van der Waals surface area contributed by atoms with E-state index in [1.807, 2.05) is 42.5 Å². The van der Waals surface area contributed by atoms with Gasteiger partial charge in [0.05, 0.1) is 3.79 Å². The summed E-state index contributed by atoms with van der Waals surface area (Å²) in [5, 5.41) is 0. The summed E-state index contributed by atoms with van der Waals surface area (Å²) in [4.78, 5) is 2.12. The first-order valence-electron chi connectivity index (χ1n) is 4.35. The molecule has 0 bridgehead atoms. The van der Waals surface area contributed by atoms with Gasteiger partial charge < -0.3 is 0 Å². The fourth-order valence-electron chi connectivity index (χ4n) is 0.888. The van der Waals surface area contributed by atoms with Gasteiger partial charge in [-0.25, -0.2) is 0 Å². The summed E-state index contributed by atoms with van der Waals surface area (Å²) in [7, 11) is 0. The van der Waals surface area contributed by atoms with Crippen LogP contribution < -0.4 is 0 Å². The molecule has 0 aliphatic heterocycles. The molecule has 0 unspecified atom stereocenters. The lowest BCUT2D eigenvalue weighted by molar-refractivity contribution is 1.87. The highest BCUT2D eigenvalue weighted by Crippen LogP contribution is 2.29. The second-order valence-corrected chi connectivity index (χ2v) is 5.61. The first-order valence-corrected chi connectivity index (χ1v) is 6.40. The molecule has 0 radical (unpaired) electrons. The van der Waals surface area contributed by atoms with Crippen molar-refractivity contribution in [3.8, 4) is 0 Å². The van der Waals surface area contributed by atoms with Crippen molar-refractivity contribution >= 4 is 44.8 Å². The molecule has 0 atom stereocenters. The van der Waals surface area contributed by atoms with E-state index in [-0.39, 0.29) is 0 Å². The topological polar surface area (TPSA) is 0 Å². The first-order chi connectivity index (χ1) is 7.24. The third kappa shape index (κ3) is 4.69. The Labute approximate surface area is 108 Å². The Morgan fingerprint density at radius 2 is 2.00 bits per heavy atom. The molecule has 1 heterocycles. The van der Waals surface area contributed by atoms with E-state index >= 15 is 0 Å². The summed E-state index contributed by atoms with van der Waals surface area (Å²) >= 11 is 9.50. The van der Waals surface area contributed by atoms with Gasteiger partial charge in [0.15, 0.2) is 0 Å². The van der Waals surface area contributed by atoms with Crippen LogP contribution in [0.3, 0.4) is 0 Å². The lowest BCUT2D eigenvalue weighted by atomic mass is 10.3. The summed E-state index contributed by atoms with van der Waals surface area (Å²) in [5.74, 6) is 0. The molecule has 0 aliphatic rings. The Bertz CT molecular complexity index is 411. The molecule has 0 N–H and O–H groups in total. The molecule has 0 fully saturated rings. The summed E-state index contributed by atoms with van der Waals surface area (Å²) < 4.78 is 1.12. The van der Waals surface area contributed by atoms with Crippen LogP contribution >= 0.6 is 39.9 Å². The minimum Gasteiger partial charge on any atom is -0.142 e. The molecule has 3 heteroatoms. The van der Waals surface area contributed by atoms with Gasteiger partial charge in [0.2, 0.25) is 0 Å². The van der Waals surface area contributed by atoms with Gasteiger partial charge in [-0.1, -0.05) is 37.0 Å². The van der Waals surface area contributed by atoms with Crippen molar-refractivity contribution < 1.29 is 0 Å². The second-order valence-electron chi connectivity index (χ2n) is 2.66. The van der Waals surface area contributed by atoms with Crippen LogP contribution in [0.5, 0.6) is 0 Å². The molecule has 1 aromatic heterocycles. The second kappa shape index (κ2) is 6.88. The van der Waals surface area contributed by atoms with Gasteiger partial charge >= 0.3 is 0 Å². The van der Waals surface area contributed by atoms with Gasteiger partial charge in [-0.3, -0.25) is 0 Å². The van der Waals surface area contributed by atoms with Crippen molar-refractivity contribution in [2.45, 2.75) is 0 Å². The molecule has 1 rings (SSSR count). The van der Waals surface area contributed by atoms with Crippen LogP contribution in [-0.2, 0) is 0 Å². The number of rotatable bonds is 4. The fourth-order valence-corrected chi connectivity index (χ4v) is 2.50. The standard InChI is InChI=1S/C12H11BrS2/c1-2-3-4-5-6-7-10(14)11-8-9-12(13)15-11/h2-9,14H,1H2/b4-3?,6-5?,10-7-. The van der Waals surface area contributed by atoms with E-state index in [1.165, 1.54) is 0 Å². The quantitative estimate of drug-likeness (QED) is 0.581. The van der Waals surface area contributed by atoms with Gasteiger partial charge in [-0.05, 0) is 34.1 Å². The van der Waals surface area contributed by atoms with Crippen molar-refractivity contribution in [2.24, 2.45) is 0 Å². The Morgan fingerprint density at radius 1 is 1.27 bits per heavy atom. The molecule has 0 amide bonds. The predicted molar refractivity (Wildman–Crippen MR) is 77.5 cm³/mol. The number of hydrogen-bond acceptors (Lipinski definition) is 2. The summed E-state index contributed by atoms with van der Waals surface area (Å²) in [6.45, 7) is 3.59. The molecule has 0 saturated carbocycles. The zero-order chi connectivity index (χ0) is 11.1. The lowest BCUT2D eigenvalue weighted by Crippen LogP contribution is -1.64. The highest BCUT2D eigenvalue weighted by Gasteiger charge is 1.98. The van der Waals surface area contributed by atoms with Crippen LogP contribution in [0.15, 0.2) is 59.0 Å². The number of allylic oxidation sites excluding steroid dienone is 6. The maximum absolute atomic E-state index is 4.41. The summed E-state index contributed by atoms with van der Waals surface area (Å²) in [5.41, 5.74) is 0. The number of thiol groups is 1. The van der Waals surface area contributed by atoms with Crippen molar-refractivity contribution in [3.05, 3.63) is 63.8 Å². The normalized spacial score (nSPS) is 12.8. The molecule has 0 saturated heterocycles. The lowest BCUT2D eigenvalue weighted by Gasteiger charge is -1.91. The monoisotopic (exact) mass is 298 g/mol. The van der Waals surface area contributed by atoms with Crippen LogP contribution in [0.1, 0.15) is 4.88 Å². The van der Waals surface area contributed by atoms with Crippen molar-refractivity contribution in [2.75, 3.05) is 0 Å². The largest absolute Gasteiger partial charge is 0.142 e. The zero-order valence-corrected chi connectivity index (χ0v) is 11.4. The van der Waals surface area contributed by atoms with Gasteiger partial charge in [-0.2, -0.15) is 0 Å². The molecule has 78 valence electrons. The highest BCUT2D eigenvalue weighted by atomic mass is 79.9. The van der Waals surface area contributed by atoms with E-state index in [4.69, 9.17) is 0 Å². The number of halogens is 1. The van der Waals surface area contributed by atoms with E-state index in [0.29, 0.717) is 0 Å². The third-order valence-electron chi connectivity index (χ3n) is 1.55. The van der Waals surface area contributed by atoms with E-state index in [2.05, 4.69) is 35.1 Å². The third-order valence-corrected chi connectivity index (χ3v) is 3.75. The van der Waals surface area contributed by atoms with Crippen molar-refractivity contribution in [3.63, 3.8) is 0 Å². The van der Waals surface area contributed by atoms with Gasteiger partial charge in [0.1, 0.15) is 0 Å². The Balaban J connectivity index is 2.64. The highest BCUT2D eigenvalue weighted by molar-refractivity contribution is 9.11. The predicted octanol–water partition coefficient (Wildman–Crippen LogP) is 5.08.